The minimum absolute atomic E-state index is 0.228. The molecule has 1 unspecified atom stereocenters. The summed E-state index contributed by atoms with van der Waals surface area (Å²) in [5, 5.41) is 0. The molecule has 0 saturated heterocycles. The summed E-state index contributed by atoms with van der Waals surface area (Å²) in [5.41, 5.74) is 0.228. The molecular weight excluding hydrogens is 182 g/mol. The monoisotopic (exact) mass is 205 g/mol. The second-order valence-corrected chi connectivity index (χ2v) is 4.46. The third kappa shape index (κ3) is 8.58. The summed E-state index contributed by atoms with van der Waals surface area (Å²) in [7, 11) is 4.07. The van der Waals surface area contributed by atoms with Crippen LogP contribution in [0.4, 0.5) is 0 Å². The summed E-state index contributed by atoms with van der Waals surface area (Å²) in [5.74, 6) is 0. The van der Waals surface area contributed by atoms with Crippen LogP contribution in [0.1, 0.15) is 51.9 Å². The summed E-state index contributed by atoms with van der Waals surface area (Å²) < 4.78 is 0. The fraction of sp³-hybridized carbons (Fsp3) is 1.00. The van der Waals surface area contributed by atoms with Gasteiger partial charge in [0.05, 0.1) is 5.50 Å². The van der Waals surface area contributed by atoms with E-state index >= 15 is 0 Å². The van der Waals surface area contributed by atoms with Gasteiger partial charge in [-0.2, -0.15) is 0 Å². The molecule has 0 heterocycles. The molecule has 0 fully saturated rings. The highest BCUT2D eigenvalue weighted by atomic mass is 35.5. The van der Waals surface area contributed by atoms with Crippen molar-refractivity contribution in [1.29, 1.82) is 0 Å². The maximum absolute atomic E-state index is 6.08. The van der Waals surface area contributed by atoms with Gasteiger partial charge in [-0.3, -0.25) is 4.90 Å². The van der Waals surface area contributed by atoms with Crippen LogP contribution in [-0.4, -0.2) is 24.5 Å². The number of hydrogen-bond acceptors (Lipinski definition) is 1. The second kappa shape index (κ2) is 8.83. The van der Waals surface area contributed by atoms with Gasteiger partial charge in [0, 0.05) is 0 Å². The maximum atomic E-state index is 6.08. The Morgan fingerprint density at radius 1 is 1.00 bits per heavy atom. The molecule has 0 amide bonds. The highest BCUT2D eigenvalue weighted by Crippen LogP contribution is 2.12. The number of nitrogens with zero attached hydrogens (tertiary/aromatic N) is 1. The van der Waals surface area contributed by atoms with E-state index in [9.17, 15) is 0 Å². The summed E-state index contributed by atoms with van der Waals surface area (Å²) in [4.78, 5) is 2.08. The molecule has 80 valence electrons. The second-order valence-electron chi connectivity index (χ2n) is 3.95. The standard InChI is InChI=1S/C11H24ClN/c1-4-5-6-7-8-9-10-11(12)13(2)3/h11H,4-10H2,1-3H3. The highest BCUT2D eigenvalue weighted by Gasteiger charge is 2.05. The van der Waals surface area contributed by atoms with Crippen LogP contribution in [-0.2, 0) is 0 Å². The zero-order valence-corrected chi connectivity index (χ0v) is 10.1. The zero-order chi connectivity index (χ0) is 10.1. The predicted molar refractivity (Wildman–Crippen MR) is 61.3 cm³/mol. The molecule has 0 aromatic carbocycles. The third-order valence-electron chi connectivity index (χ3n) is 2.36. The molecule has 0 spiro atoms. The number of rotatable bonds is 8. The van der Waals surface area contributed by atoms with Crippen LogP contribution in [0.2, 0.25) is 0 Å². The maximum Gasteiger partial charge on any atom is 0.0845 e. The molecule has 0 radical (unpaired) electrons. The number of unbranched alkanes of at least 4 members (excludes halogenated alkanes) is 5. The quantitative estimate of drug-likeness (QED) is 0.331. The summed E-state index contributed by atoms with van der Waals surface area (Å²) >= 11 is 6.08. The molecule has 0 aliphatic carbocycles. The van der Waals surface area contributed by atoms with Gasteiger partial charge in [0.25, 0.3) is 0 Å². The Morgan fingerprint density at radius 2 is 1.54 bits per heavy atom. The van der Waals surface area contributed by atoms with E-state index in [0.29, 0.717) is 0 Å². The molecule has 1 nitrogen and oxygen atoms in total. The van der Waals surface area contributed by atoms with Crippen molar-refractivity contribution in [2.75, 3.05) is 14.1 Å². The smallest absolute Gasteiger partial charge is 0.0845 e. The Balaban J connectivity index is 3.07. The fourth-order valence-electron chi connectivity index (χ4n) is 1.35. The number of halogens is 1. The van der Waals surface area contributed by atoms with Crippen LogP contribution < -0.4 is 0 Å². The lowest BCUT2D eigenvalue weighted by atomic mass is 10.1. The van der Waals surface area contributed by atoms with Crippen LogP contribution >= 0.6 is 11.6 Å². The number of hydrogen-bond donors (Lipinski definition) is 0. The summed E-state index contributed by atoms with van der Waals surface area (Å²) in [6.07, 6.45) is 9.23. The minimum atomic E-state index is 0.228. The lowest BCUT2D eigenvalue weighted by Crippen LogP contribution is -2.21. The van der Waals surface area contributed by atoms with Crippen LogP contribution in [0.25, 0.3) is 0 Å². The number of alkyl halides is 1. The van der Waals surface area contributed by atoms with E-state index in [4.69, 9.17) is 11.6 Å². The van der Waals surface area contributed by atoms with E-state index in [1.807, 2.05) is 14.1 Å². The van der Waals surface area contributed by atoms with E-state index in [1.54, 1.807) is 0 Å². The molecule has 0 saturated carbocycles. The van der Waals surface area contributed by atoms with E-state index in [2.05, 4.69) is 11.8 Å². The predicted octanol–water partition coefficient (Wildman–Crippen LogP) is 3.86. The van der Waals surface area contributed by atoms with Gasteiger partial charge >= 0.3 is 0 Å². The van der Waals surface area contributed by atoms with Crippen LogP contribution in [0.3, 0.4) is 0 Å². The average molecular weight is 206 g/mol. The average Bonchev–Trinajstić information content (AvgIpc) is 2.10. The van der Waals surface area contributed by atoms with Gasteiger partial charge in [0.2, 0.25) is 0 Å². The van der Waals surface area contributed by atoms with E-state index in [-0.39, 0.29) is 5.50 Å². The van der Waals surface area contributed by atoms with E-state index in [0.717, 1.165) is 6.42 Å². The van der Waals surface area contributed by atoms with Gasteiger partial charge in [-0.25, -0.2) is 0 Å². The molecule has 0 aromatic rings. The lowest BCUT2D eigenvalue weighted by molar-refractivity contribution is 0.351. The first-order chi connectivity index (χ1) is 6.18. The molecule has 0 aromatic heterocycles. The van der Waals surface area contributed by atoms with Crippen molar-refractivity contribution in [2.45, 2.75) is 57.4 Å². The zero-order valence-electron chi connectivity index (χ0n) is 9.35. The van der Waals surface area contributed by atoms with Crippen molar-refractivity contribution in [2.24, 2.45) is 0 Å². The van der Waals surface area contributed by atoms with Gasteiger partial charge in [0.15, 0.2) is 0 Å². The first-order valence-corrected chi connectivity index (χ1v) is 5.92. The minimum Gasteiger partial charge on any atom is -0.294 e. The van der Waals surface area contributed by atoms with Crippen LogP contribution in [0.5, 0.6) is 0 Å². The highest BCUT2D eigenvalue weighted by molar-refractivity contribution is 6.20. The van der Waals surface area contributed by atoms with E-state index in [1.165, 1.54) is 38.5 Å². The van der Waals surface area contributed by atoms with Crippen molar-refractivity contribution in [1.82, 2.24) is 4.90 Å². The largest absolute Gasteiger partial charge is 0.294 e. The normalized spacial score (nSPS) is 13.6. The molecule has 1 atom stereocenters. The van der Waals surface area contributed by atoms with Gasteiger partial charge in [0.1, 0.15) is 0 Å². The lowest BCUT2D eigenvalue weighted by Gasteiger charge is -2.16. The summed E-state index contributed by atoms with van der Waals surface area (Å²) in [6, 6.07) is 0. The van der Waals surface area contributed by atoms with Gasteiger partial charge in [-0.1, -0.05) is 45.4 Å². The summed E-state index contributed by atoms with van der Waals surface area (Å²) in [6.45, 7) is 2.25. The van der Waals surface area contributed by atoms with Crippen LogP contribution in [0, 0.1) is 0 Å². The Hall–Kier alpha value is 0.250. The molecule has 13 heavy (non-hydrogen) atoms. The van der Waals surface area contributed by atoms with E-state index < -0.39 is 0 Å². The van der Waals surface area contributed by atoms with Crippen molar-refractivity contribution in [3.63, 3.8) is 0 Å². The molecule has 0 bridgehead atoms. The molecule has 2 heteroatoms. The first-order valence-electron chi connectivity index (χ1n) is 5.49. The SMILES string of the molecule is CCCCCCCCC(Cl)N(C)C. The van der Waals surface area contributed by atoms with Crippen molar-refractivity contribution in [3.05, 3.63) is 0 Å². The molecule has 0 aliphatic rings. The van der Waals surface area contributed by atoms with Gasteiger partial charge in [-0.15, -0.1) is 11.6 Å². The van der Waals surface area contributed by atoms with Crippen molar-refractivity contribution < 1.29 is 0 Å². The van der Waals surface area contributed by atoms with Gasteiger partial charge in [-0.05, 0) is 20.5 Å². The Kier molecular flexibility index (Phi) is 9.00. The first kappa shape index (κ1) is 13.2. The molecular formula is C11H24ClN. The molecule has 0 N–H and O–H groups in total. The third-order valence-corrected chi connectivity index (χ3v) is 2.96. The molecule has 0 aliphatic heterocycles. The van der Waals surface area contributed by atoms with Crippen LogP contribution in [0.15, 0.2) is 0 Å². The fourth-order valence-corrected chi connectivity index (χ4v) is 1.51. The Morgan fingerprint density at radius 3 is 2.08 bits per heavy atom. The molecule has 0 rings (SSSR count). The topological polar surface area (TPSA) is 3.24 Å². The Bertz CT molecular complexity index is 104. The van der Waals surface area contributed by atoms with Crippen molar-refractivity contribution in [3.8, 4) is 0 Å². The van der Waals surface area contributed by atoms with Crippen molar-refractivity contribution >= 4 is 11.6 Å². The van der Waals surface area contributed by atoms with Gasteiger partial charge < -0.3 is 0 Å². The Labute approximate surface area is 88.5 Å².